The highest BCUT2D eigenvalue weighted by Crippen LogP contribution is 2.60. The zero-order valence-corrected chi connectivity index (χ0v) is 22.7. The Hall–Kier alpha value is -4.12. The second-order valence-electron chi connectivity index (χ2n) is 11.8. The molecule has 8 heteroatoms. The van der Waals surface area contributed by atoms with Gasteiger partial charge in [0, 0.05) is 19.1 Å². The molecule has 3 aromatic rings. The van der Waals surface area contributed by atoms with Gasteiger partial charge in [-0.15, -0.1) is 0 Å². The largest absolute Gasteiger partial charge is 0.445 e. The van der Waals surface area contributed by atoms with E-state index in [1.807, 2.05) is 48.5 Å². The SMILES string of the molecule is N#Cc1cnc(NCCc2ccccc2)nc1NCC12CC3C[C@H](C1)C(NC(=O)OCc1ccccc1)[C@@H](C3)C2. The van der Waals surface area contributed by atoms with Crippen molar-refractivity contribution >= 4 is 17.9 Å². The molecular formula is C32H36N6O2. The molecule has 4 fully saturated rings. The number of alkyl carbamates (subject to hydrolysis) is 1. The first-order valence-corrected chi connectivity index (χ1v) is 14.4. The number of ether oxygens (including phenoxy) is 1. The van der Waals surface area contributed by atoms with Crippen molar-refractivity contribution in [1.29, 1.82) is 5.26 Å². The van der Waals surface area contributed by atoms with Gasteiger partial charge in [0.2, 0.25) is 5.95 Å². The second kappa shape index (κ2) is 11.5. The third kappa shape index (κ3) is 5.89. The van der Waals surface area contributed by atoms with Crippen molar-refractivity contribution in [2.45, 2.75) is 51.2 Å². The summed E-state index contributed by atoms with van der Waals surface area (Å²) in [4.78, 5) is 21.7. The minimum atomic E-state index is -0.319. The van der Waals surface area contributed by atoms with Crippen LogP contribution in [0.2, 0.25) is 0 Å². The maximum atomic E-state index is 12.7. The first-order chi connectivity index (χ1) is 19.6. The fourth-order valence-corrected chi connectivity index (χ4v) is 7.46. The van der Waals surface area contributed by atoms with Crippen LogP contribution in [-0.4, -0.2) is 35.2 Å². The topological polar surface area (TPSA) is 112 Å². The molecule has 4 saturated carbocycles. The summed E-state index contributed by atoms with van der Waals surface area (Å²) >= 11 is 0. The predicted octanol–water partition coefficient (Wildman–Crippen LogP) is 5.54. The van der Waals surface area contributed by atoms with Crippen LogP contribution in [0.25, 0.3) is 0 Å². The lowest BCUT2D eigenvalue weighted by molar-refractivity contribution is -0.0683. The molecule has 2 aromatic carbocycles. The molecule has 1 heterocycles. The Labute approximate surface area is 235 Å². The summed E-state index contributed by atoms with van der Waals surface area (Å²) in [5.74, 6) is 2.71. The Balaban J connectivity index is 1.05. The van der Waals surface area contributed by atoms with Crippen molar-refractivity contribution in [3.63, 3.8) is 0 Å². The number of hydrogen-bond acceptors (Lipinski definition) is 7. The van der Waals surface area contributed by atoms with E-state index < -0.39 is 0 Å². The molecule has 0 radical (unpaired) electrons. The van der Waals surface area contributed by atoms with E-state index in [1.54, 1.807) is 6.20 Å². The highest BCUT2D eigenvalue weighted by molar-refractivity contribution is 5.67. The molecule has 4 aliphatic rings. The average Bonchev–Trinajstić information content (AvgIpc) is 2.98. The number of benzene rings is 2. The summed E-state index contributed by atoms with van der Waals surface area (Å²) in [7, 11) is 0. The Kier molecular flexibility index (Phi) is 7.54. The van der Waals surface area contributed by atoms with Crippen LogP contribution >= 0.6 is 0 Å². The number of carbonyl (C=O) groups is 1. The van der Waals surface area contributed by atoms with Crippen molar-refractivity contribution in [2.24, 2.45) is 23.2 Å². The van der Waals surface area contributed by atoms with Gasteiger partial charge in [0.15, 0.2) is 0 Å². The van der Waals surface area contributed by atoms with E-state index in [-0.39, 0.29) is 24.2 Å². The Morgan fingerprint density at radius 2 is 1.68 bits per heavy atom. The van der Waals surface area contributed by atoms with E-state index in [2.05, 4.69) is 44.1 Å². The van der Waals surface area contributed by atoms with E-state index in [1.165, 1.54) is 12.0 Å². The number of anilines is 2. The van der Waals surface area contributed by atoms with Gasteiger partial charge in [-0.1, -0.05) is 60.7 Å². The van der Waals surface area contributed by atoms with Gasteiger partial charge in [-0.05, 0) is 72.8 Å². The Bertz CT molecular complexity index is 1340. The van der Waals surface area contributed by atoms with E-state index >= 15 is 0 Å². The van der Waals surface area contributed by atoms with Gasteiger partial charge < -0.3 is 20.7 Å². The summed E-state index contributed by atoms with van der Waals surface area (Å²) in [6, 6.07) is 22.5. The van der Waals surface area contributed by atoms with Crippen molar-refractivity contribution in [1.82, 2.24) is 15.3 Å². The van der Waals surface area contributed by atoms with Crippen LogP contribution in [0, 0.1) is 34.5 Å². The summed E-state index contributed by atoms with van der Waals surface area (Å²) in [6.45, 7) is 1.78. The lowest BCUT2D eigenvalue weighted by atomic mass is 9.48. The number of amides is 1. The minimum absolute atomic E-state index is 0.154. The van der Waals surface area contributed by atoms with Crippen LogP contribution in [0.4, 0.5) is 16.6 Å². The van der Waals surface area contributed by atoms with Gasteiger partial charge in [-0.2, -0.15) is 10.2 Å². The van der Waals surface area contributed by atoms with Crippen LogP contribution in [0.15, 0.2) is 66.9 Å². The molecule has 8 nitrogen and oxygen atoms in total. The normalized spacial score (nSPS) is 26.1. The van der Waals surface area contributed by atoms with Crippen molar-refractivity contribution < 1.29 is 9.53 Å². The molecule has 7 rings (SSSR count). The minimum Gasteiger partial charge on any atom is -0.445 e. The molecule has 0 saturated heterocycles. The highest BCUT2D eigenvalue weighted by Gasteiger charge is 2.55. The molecule has 4 bridgehead atoms. The van der Waals surface area contributed by atoms with Crippen molar-refractivity contribution in [3.05, 3.63) is 83.6 Å². The molecule has 0 aliphatic heterocycles. The quantitative estimate of drug-likeness (QED) is 0.312. The first-order valence-electron chi connectivity index (χ1n) is 14.4. The van der Waals surface area contributed by atoms with Gasteiger partial charge in [-0.3, -0.25) is 0 Å². The summed E-state index contributed by atoms with van der Waals surface area (Å²) in [6.07, 6.45) is 7.78. The number of nitrogens with one attached hydrogen (secondary N) is 3. The standard InChI is InChI=1S/C32H36N6O2/c33-18-27-19-35-30(34-12-11-22-7-3-1-4-8-22)38-29(27)36-21-32-15-24-13-25(16-32)28(26(14-24)17-32)37-31(39)40-20-23-9-5-2-6-10-23/h1-10,19,24-26,28H,11-17,20-21H2,(H,37,39)(H2,34,35,36,38)/t24?,25-,26+,28?,32?. The summed E-state index contributed by atoms with van der Waals surface area (Å²) in [5.41, 5.74) is 2.85. The average molecular weight is 537 g/mol. The van der Waals surface area contributed by atoms with E-state index in [4.69, 9.17) is 4.74 Å². The maximum absolute atomic E-state index is 12.7. The molecule has 5 atom stereocenters. The molecule has 4 aliphatic carbocycles. The van der Waals surface area contributed by atoms with Crippen LogP contribution < -0.4 is 16.0 Å². The molecule has 3 unspecified atom stereocenters. The number of nitriles is 1. The van der Waals surface area contributed by atoms with Crippen LogP contribution in [0.1, 0.15) is 48.8 Å². The molecule has 40 heavy (non-hydrogen) atoms. The van der Waals surface area contributed by atoms with E-state index in [9.17, 15) is 10.1 Å². The third-order valence-electron chi connectivity index (χ3n) is 8.98. The molecular weight excluding hydrogens is 500 g/mol. The predicted molar refractivity (Wildman–Crippen MR) is 153 cm³/mol. The summed E-state index contributed by atoms with van der Waals surface area (Å²) in [5, 5.41) is 19.8. The van der Waals surface area contributed by atoms with Crippen molar-refractivity contribution in [3.8, 4) is 6.07 Å². The van der Waals surface area contributed by atoms with Gasteiger partial charge in [0.05, 0.1) is 6.20 Å². The molecule has 0 spiro atoms. The monoisotopic (exact) mass is 536 g/mol. The molecule has 3 N–H and O–H groups in total. The highest BCUT2D eigenvalue weighted by atomic mass is 16.5. The van der Waals surface area contributed by atoms with Crippen LogP contribution in [0.5, 0.6) is 0 Å². The number of nitrogens with zero attached hydrogens (tertiary/aromatic N) is 3. The Morgan fingerprint density at radius 3 is 2.38 bits per heavy atom. The molecule has 1 aromatic heterocycles. The van der Waals surface area contributed by atoms with Gasteiger partial charge >= 0.3 is 6.09 Å². The maximum Gasteiger partial charge on any atom is 0.407 e. The fraction of sp³-hybridized carbons (Fsp3) is 0.438. The number of rotatable bonds is 10. The van der Waals surface area contributed by atoms with Crippen molar-refractivity contribution in [2.75, 3.05) is 23.7 Å². The summed E-state index contributed by atoms with van der Waals surface area (Å²) < 4.78 is 5.54. The smallest absolute Gasteiger partial charge is 0.407 e. The second-order valence-corrected chi connectivity index (χ2v) is 11.8. The Morgan fingerprint density at radius 1 is 0.975 bits per heavy atom. The first kappa shape index (κ1) is 26.1. The zero-order valence-electron chi connectivity index (χ0n) is 22.7. The number of aromatic nitrogens is 2. The van der Waals surface area contributed by atoms with Crippen LogP contribution in [0.3, 0.4) is 0 Å². The zero-order chi connectivity index (χ0) is 27.4. The van der Waals surface area contributed by atoms with Gasteiger partial charge in [-0.25, -0.2) is 9.78 Å². The number of hydrogen-bond donors (Lipinski definition) is 3. The van der Waals surface area contributed by atoms with Gasteiger partial charge in [0.1, 0.15) is 24.1 Å². The van der Waals surface area contributed by atoms with E-state index in [0.29, 0.717) is 41.6 Å². The van der Waals surface area contributed by atoms with Crippen LogP contribution in [-0.2, 0) is 17.8 Å². The lowest BCUT2D eigenvalue weighted by Crippen LogP contribution is -2.60. The fourth-order valence-electron chi connectivity index (χ4n) is 7.46. The van der Waals surface area contributed by atoms with Gasteiger partial charge in [0.25, 0.3) is 0 Å². The number of carbonyl (C=O) groups excluding carboxylic acids is 1. The molecule has 206 valence electrons. The van der Waals surface area contributed by atoms with E-state index in [0.717, 1.165) is 44.2 Å². The lowest BCUT2D eigenvalue weighted by Gasteiger charge is -2.60. The third-order valence-corrected chi connectivity index (χ3v) is 8.98. The molecule has 1 amide bonds.